The summed E-state index contributed by atoms with van der Waals surface area (Å²) in [5, 5.41) is 2.79. The molecule has 0 radical (unpaired) electrons. The lowest BCUT2D eigenvalue weighted by atomic mass is 10.4. The maximum absolute atomic E-state index is 11.9. The molecule has 0 atom stereocenters. The average molecular weight is 259 g/mol. The van der Waals surface area contributed by atoms with Crippen LogP contribution in [0.5, 0.6) is 0 Å². The maximum Gasteiger partial charge on any atom is 0.260 e. The molecule has 0 unspecified atom stereocenters. The van der Waals surface area contributed by atoms with Gasteiger partial charge in [-0.15, -0.1) is 0 Å². The Bertz CT molecular complexity index is 448. The fraction of sp³-hybridized carbons (Fsp3) is 0.500. The molecular formula is C10H17N3O3S. The van der Waals surface area contributed by atoms with Crippen molar-refractivity contribution in [3.05, 3.63) is 18.3 Å². The minimum Gasteiger partial charge on any atom is -0.386 e. The molecule has 0 saturated carbocycles. The molecule has 0 amide bonds. The summed E-state index contributed by atoms with van der Waals surface area (Å²) in [5.74, 6) is 0. The van der Waals surface area contributed by atoms with E-state index in [0.29, 0.717) is 18.9 Å². The van der Waals surface area contributed by atoms with Crippen LogP contribution in [-0.4, -0.2) is 40.2 Å². The highest BCUT2D eigenvalue weighted by Gasteiger charge is 2.18. The van der Waals surface area contributed by atoms with Crippen LogP contribution in [0.25, 0.3) is 0 Å². The fourth-order valence-electron chi connectivity index (χ4n) is 1.26. The normalized spacial score (nSPS) is 11.4. The van der Waals surface area contributed by atoms with Gasteiger partial charge >= 0.3 is 0 Å². The van der Waals surface area contributed by atoms with Crippen LogP contribution in [0.3, 0.4) is 0 Å². The molecule has 96 valence electrons. The molecule has 1 heterocycles. The number of nitrogens with zero attached hydrogens (tertiary/aromatic N) is 1. The quantitative estimate of drug-likeness (QED) is 0.694. The van der Waals surface area contributed by atoms with E-state index < -0.39 is 10.0 Å². The molecule has 2 N–H and O–H groups in total. The molecule has 1 aromatic rings. The molecule has 0 spiro atoms. The summed E-state index contributed by atoms with van der Waals surface area (Å²) in [6.45, 7) is 2.99. The molecule has 0 fully saturated rings. The number of nitrogens with one attached hydrogen (secondary N) is 2. The van der Waals surface area contributed by atoms with Gasteiger partial charge in [0, 0.05) is 26.4 Å². The highest BCUT2D eigenvalue weighted by molar-refractivity contribution is 7.89. The Balaban J connectivity index is 2.75. The minimum absolute atomic E-state index is 0.000927. The molecule has 0 aliphatic heterocycles. The molecule has 0 bridgehead atoms. The second kappa shape index (κ2) is 6.53. The molecule has 1 aromatic heterocycles. The van der Waals surface area contributed by atoms with E-state index in [-0.39, 0.29) is 11.6 Å². The molecule has 17 heavy (non-hydrogen) atoms. The largest absolute Gasteiger partial charge is 0.386 e. The third kappa shape index (κ3) is 3.95. The Labute approximate surface area is 101 Å². The Kier molecular flexibility index (Phi) is 5.33. The topological polar surface area (TPSA) is 80.3 Å². The lowest BCUT2D eigenvalue weighted by Crippen LogP contribution is -2.28. The summed E-state index contributed by atoms with van der Waals surface area (Å²) < 4.78 is 31.3. The standard InChI is InChI=1S/C10H17N3O3S/c1-3-16-8-7-13-17(14,15)10-9(11-2)5-4-6-12-10/h4-6,11,13H,3,7-8H2,1-2H3. The summed E-state index contributed by atoms with van der Waals surface area (Å²) in [6, 6.07) is 3.33. The van der Waals surface area contributed by atoms with Gasteiger partial charge in [-0.25, -0.2) is 18.1 Å². The van der Waals surface area contributed by atoms with Crippen molar-refractivity contribution in [2.24, 2.45) is 0 Å². The van der Waals surface area contributed by atoms with Crippen LogP contribution in [0.15, 0.2) is 23.4 Å². The van der Waals surface area contributed by atoms with Gasteiger partial charge in [-0.3, -0.25) is 0 Å². The third-order valence-corrected chi connectivity index (χ3v) is 3.46. The molecule has 1 rings (SSSR count). The van der Waals surface area contributed by atoms with Crippen molar-refractivity contribution < 1.29 is 13.2 Å². The summed E-state index contributed by atoms with van der Waals surface area (Å²) in [7, 11) is -1.94. The predicted octanol–water partition coefficient (Wildman–Crippen LogP) is 0.438. The van der Waals surface area contributed by atoms with Crippen LogP contribution >= 0.6 is 0 Å². The fourth-order valence-corrected chi connectivity index (χ4v) is 2.40. The van der Waals surface area contributed by atoms with E-state index in [0.717, 1.165) is 0 Å². The third-order valence-electron chi connectivity index (χ3n) is 2.04. The minimum atomic E-state index is -3.59. The second-order valence-corrected chi connectivity index (χ2v) is 4.88. The molecule has 0 aliphatic rings. The van der Waals surface area contributed by atoms with Crippen LogP contribution in [0, 0.1) is 0 Å². The van der Waals surface area contributed by atoms with E-state index in [4.69, 9.17) is 4.74 Å². The number of hydrogen-bond donors (Lipinski definition) is 2. The van der Waals surface area contributed by atoms with Gasteiger partial charge in [0.15, 0.2) is 5.03 Å². The van der Waals surface area contributed by atoms with Gasteiger partial charge in [-0.05, 0) is 19.1 Å². The number of anilines is 1. The number of ether oxygens (including phenoxy) is 1. The highest BCUT2D eigenvalue weighted by atomic mass is 32.2. The van der Waals surface area contributed by atoms with Crippen LogP contribution in [0.4, 0.5) is 5.69 Å². The van der Waals surface area contributed by atoms with E-state index in [2.05, 4.69) is 15.0 Å². The molecule has 0 saturated heterocycles. The number of pyridine rings is 1. The number of sulfonamides is 1. The van der Waals surface area contributed by atoms with E-state index in [1.54, 1.807) is 19.2 Å². The van der Waals surface area contributed by atoms with Gasteiger partial charge < -0.3 is 10.1 Å². The van der Waals surface area contributed by atoms with Crippen molar-refractivity contribution in [3.63, 3.8) is 0 Å². The van der Waals surface area contributed by atoms with Crippen LogP contribution < -0.4 is 10.0 Å². The van der Waals surface area contributed by atoms with Crippen molar-refractivity contribution in [2.75, 3.05) is 32.1 Å². The van der Waals surface area contributed by atoms with Gasteiger partial charge in [0.1, 0.15) is 0 Å². The molecule has 0 aromatic carbocycles. The zero-order chi connectivity index (χ0) is 12.7. The Morgan fingerprint density at radius 1 is 1.47 bits per heavy atom. The van der Waals surface area contributed by atoms with Crippen LogP contribution in [0.2, 0.25) is 0 Å². The van der Waals surface area contributed by atoms with Gasteiger partial charge in [-0.2, -0.15) is 0 Å². The van der Waals surface area contributed by atoms with Crippen LogP contribution in [0.1, 0.15) is 6.92 Å². The molecule has 0 aliphatic carbocycles. The van der Waals surface area contributed by atoms with Gasteiger partial charge in [0.25, 0.3) is 10.0 Å². The number of rotatable bonds is 7. The van der Waals surface area contributed by atoms with E-state index in [1.165, 1.54) is 6.20 Å². The zero-order valence-corrected chi connectivity index (χ0v) is 10.8. The first kappa shape index (κ1) is 13.9. The SMILES string of the molecule is CCOCCNS(=O)(=O)c1ncccc1NC. The van der Waals surface area contributed by atoms with E-state index in [9.17, 15) is 8.42 Å². The predicted molar refractivity (Wildman–Crippen MR) is 65.5 cm³/mol. The van der Waals surface area contributed by atoms with Gasteiger partial charge in [0.05, 0.1) is 12.3 Å². The van der Waals surface area contributed by atoms with Crippen molar-refractivity contribution in [1.82, 2.24) is 9.71 Å². The summed E-state index contributed by atoms with van der Waals surface area (Å²) in [6.07, 6.45) is 1.44. The van der Waals surface area contributed by atoms with Crippen molar-refractivity contribution in [3.8, 4) is 0 Å². The van der Waals surface area contributed by atoms with Gasteiger partial charge in [0.2, 0.25) is 0 Å². The monoisotopic (exact) mass is 259 g/mol. The molecule has 6 nitrogen and oxygen atoms in total. The molecule has 7 heteroatoms. The van der Waals surface area contributed by atoms with Crippen molar-refractivity contribution in [2.45, 2.75) is 11.9 Å². The lowest BCUT2D eigenvalue weighted by Gasteiger charge is -2.09. The first-order valence-corrected chi connectivity index (χ1v) is 6.80. The van der Waals surface area contributed by atoms with E-state index >= 15 is 0 Å². The summed E-state index contributed by atoms with van der Waals surface area (Å²) in [5.41, 5.74) is 0.469. The lowest BCUT2D eigenvalue weighted by molar-refractivity contribution is 0.153. The number of hydrogen-bond acceptors (Lipinski definition) is 5. The Hall–Kier alpha value is -1.18. The Morgan fingerprint density at radius 3 is 2.88 bits per heavy atom. The highest BCUT2D eigenvalue weighted by Crippen LogP contribution is 2.16. The zero-order valence-electron chi connectivity index (χ0n) is 9.93. The Morgan fingerprint density at radius 2 is 2.24 bits per heavy atom. The molecular weight excluding hydrogens is 242 g/mol. The van der Waals surface area contributed by atoms with Crippen molar-refractivity contribution >= 4 is 15.7 Å². The average Bonchev–Trinajstić information content (AvgIpc) is 2.34. The first-order chi connectivity index (χ1) is 8.11. The van der Waals surface area contributed by atoms with E-state index in [1.807, 2.05) is 6.92 Å². The maximum atomic E-state index is 11.9. The smallest absolute Gasteiger partial charge is 0.260 e. The number of aromatic nitrogens is 1. The van der Waals surface area contributed by atoms with Crippen LogP contribution in [-0.2, 0) is 14.8 Å². The summed E-state index contributed by atoms with van der Waals surface area (Å²) >= 11 is 0. The van der Waals surface area contributed by atoms with Gasteiger partial charge in [-0.1, -0.05) is 0 Å². The second-order valence-electron chi connectivity index (χ2n) is 3.20. The first-order valence-electron chi connectivity index (χ1n) is 5.32. The summed E-state index contributed by atoms with van der Waals surface area (Å²) in [4.78, 5) is 3.87. The van der Waals surface area contributed by atoms with Crippen molar-refractivity contribution in [1.29, 1.82) is 0 Å².